The van der Waals surface area contributed by atoms with E-state index in [1.54, 1.807) is 12.1 Å². The first-order chi connectivity index (χ1) is 8.74. The number of benzene rings is 1. The van der Waals surface area contributed by atoms with E-state index in [2.05, 4.69) is 6.92 Å². The Morgan fingerprint density at radius 1 is 1.11 bits per heavy atom. The van der Waals surface area contributed by atoms with Gasteiger partial charge in [0, 0.05) is 6.61 Å². The number of hydrogen-bond donors (Lipinski definition) is 2. The van der Waals surface area contributed by atoms with Crippen LogP contribution in [0.25, 0.3) is 0 Å². The summed E-state index contributed by atoms with van der Waals surface area (Å²) >= 11 is 0. The summed E-state index contributed by atoms with van der Waals surface area (Å²) in [6.45, 7) is 3.52. The smallest absolute Gasteiger partial charge is 0.423 e. The van der Waals surface area contributed by atoms with Crippen LogP contribution >= 0.6 is 0 Å². The van der Waals surface area contributed by atoms with Gasteiger partial charge in [-0.1, -0.05) is 56.9 Å². The van der Waals surface area contributed by atoms with Crippen molar-refractivity contribution in [1.82, 2.24) is 0 Å². The number of ether oxygens (including phenoxy) is 1. The van der Waals surface area contributed by atoms with E-state index >= 15 is 0 Å². The fraction of sp³-hybridized carbons (Fsp3) is 0.571. The molecule has 18 heavy (non-hydrogen) atoms. The molecule has 1 rings (SSSR count). The fourth-order valence-corrected chi connectivity index (χ4v) is 1.84. The molecule has 0 fully saturated rings. The van der Waals surface area contributed by atoms with Crippen molar-refractivity contribution in [2.45, 2.75) is 45.6 Å². The van der Waals surface area contributed by atoms with Gasteiger partial charge in [-0.25, -0.2) is 0 Å². The minimum absolute atomic E-state index is 0.513. The Balaban J connectivity index is 2.17. The Morgan fingerprint density at radius 2 is 1.89 bits per heavy atom. The summed E-state index contributed by atoms with van der Waals surface area (Å²) in [4.78, 5) is 0. The second kappa shape index (κ2) is 9.14. The van der Waals surface area contributed by atoms with Gasteiger partial charge in [-0.2, -0.15) is 0 Å². The van der Waals surface area contributed by atoms with E-state index in [0.717, 1.165) is 18.6 Å². The third-order valence-electron chi connectivity index (χ3n) is 2.91. The molecule has 0 heterocycles. The molecule has 0 saturated carbocycles. The lowest BCUT2D eigenvalue weighted by molar-refractivity contribution is 0.117. The largest absolute Gasteiger partial charge is 0.488 e. The zero-order valence-corrected chi connectivity index (χ0v) is 11.1. The van der Waals surface area contributed by atoms with Gasteiger partial charge in [0.1, 0.15) is 0 Å². The van der Waals surface area contributed by atoms with Crippen molar-refractivity contribution in [3.8, 4) is 0 Å². The van der Waals surface area contributed by atoms with Crippen molar-refractivity contribution in [3.63, 3.8) is 0 Å². The van der Waals surface area contributed by atoms with E-state index in [4.69, 9.17) is 14.8 Å². The molecule has 3 nitrogen and oxygen atoms in total. The van der Waals surface area contributed by atoms with Gasteiger partial charge in [-0.15, -0.1) is 0 Å². The predicted molar refractivity (Wildman–Crippen MR) is 74.7 cm³/mol. The highest BCUT2D eigenvalue weighted by Gasteiger charge is 2.10. The monoisotopic (exact) mass is 250 g/mol. The van der Waals surface area contributed by atoms with Crippen molar-refractivity contribution in [1.29, 1.82) is 0 Å². The van der Waals surface area contributed by atoms with E-state index in [1.807, 2.05) is 12.1 Å². The molecule has 0 amide bonds. The standard InChI is InChI=1S/C14H23BO3/c1-2-3-4-5-6-10-18-12-13-8-7-9-14(11-13)15(16)17/h7-9,11,16-17H,2-6,10,12H2,1H3. The van der Waals surface area contributed by atoms with Crippen LogP contribution in [0.2, 0.25) is 0 Å². The van der Waals surface area contributed by atoms with Gasteiger partial charge in [0.15, 0.2) is 0 Å². The Bertz CT molecular complexity index is 329. The Labute approximate surface area is 110 Å². The zero-order chi connectivity index (χ0) is 13.2. The molecule has 0 radical (unpaired) electrons. The highest BCUT2D eigenvalue weighted by Crippen LogP contribution is 2.04. The summed E-state index contributed by atoms with van der Waals surface area (Å²) in [5.74, 6) is 0. The van der Waals surface area contributed by atoms with Crippen LogP contribution in [0, 0.1) is 0 Å². The Hall–Kier alpha value is -0.835. The molecule has 0 aliphatic rings. The molecule has 0 spiro atoms. The summed E-state index contributed by atoms with van der Waals surface area (Å²) in [7, 11) is -1.40. The summed E-state index contributed by atoms with van der Waals surface area (Å²) in [6, 6.07) is 7.21. The SMILES string of the molecule is CCCCCCCOCc1cccc(B(O)O)c1. The van der Waals surface area contributed by atoms with Gasteiger partial charge in [0.25, 0.3) is 0 Å². The van der Waals surface area contributed by atoms with E-state index < -0.39 is 7.12 Å². The van der Waals surface area contributed by atoms with E-state index in [-0.39, 0.29) is 0 Å². The zero-order valence-electron chi connectivity index (χ0n) is 11.1. The molecule has 0 aliphatic carbocycles. The van der Waals surface area contributed by atoms with Crippen LogP contribution in [0.3, 0.4) is 0 Å². The highest BCUT2D eigenvalue weighted by molar-refractivity contribution is 6.58. The molecule has 2 N–H and O–H groups in total. The fourth-order valence-electron chi connectivity index (χ4n) is 1.84. The van der Waals surface area contributed by atoms with Gasteiger partial charge in [-0.05, 0) is 17.4 Å². The Kier molecular flexibility index (Phi) is 7.73. The lowest BCUT2D eigenvalue weighted by Crippen LogP contribution is -2.29. The normalized spacial score (nSPS) is 10.6. The van der Waals surface area contributed by atoms with Gasteiger partial charge in [0.2, 0.25) is 0 Å². The summed E-state index contributed by atoms with van der Waals surface area (Å²) in [5.41, 5.74) is 1.49. The van der Waals surface area contributed by atoms with E-state index in [9.17, 15) is 0 Å². The maximum Gasteiger partial charge on any atom is 0.488 e. The first-order valence-electron chi connectivity index (χ1n) is 6.76. The van der Waals surface area contributed by atoms with Gasteiger partial charge in [-0.3, -0.25) is 0 Å². The summed E-state index contributed by atoms with van der Waals surface area (Å²) in [5, 5.41) is 18.1. The highest BCUT2D eigenvalue weighted by atomic mass is 16.5. The van der Waals surface area contributed by atoms with Crippen LogP contribution in [0.15, 0.2) is 24.3 Å². The molecular weight excluding hydrogens is 227 g/mol. The molecule has 1 aromatic carbocycles. The van der Waals surface area contributed by atoms with Crippen molar-refractivity contribution in [2.75, 3.05) is 6.61 Å². The molecule has 0 bridgehead atoms. The maximum absolute atomic E-state index is 9.05. The first-order valence-corrected chi connectivity index (χ1v) is 6.76. The third-order valence-corrected chi connectivity index (χ3v) is 2.91. The van der Waals surface area contributed by atoms with Crippen LogP contribution in [-0.2, 0) is 11.3 Å². The minimum Gasteiger partial charge on any atom is -0.423 e. The molecule has 0 aliphatic heterocycles. The summed E-state index contributed by atoms with van der Waals surface area (Å²) in [6.07, 6.45) is 6.17. The molecule has 0 saturated heterocycles. The lowest BCUT2D eigenvalue weighted by Gasteiger charge is -2.06. The van der Waals surface area contributed by atoms with Crippen molar-refractivity contribution in [2.24, 2.45) is 0 Å². The van der Waals surface area contributed by atoms with Crippen LogP contribution in [-0.4, -0.2) is 23.8 Å². The maximum atomic E-state index is 9.05. The van der Waals surface area contributed by atoms with E-state index in [0.29, 0.717) is 12.1 Å². The van der Waals surface area contributed by atoms with Crippen LogP contribution in [0.4, 0.5) is 0 Å². The molecule has 0 atom stereocenters. The predicted octanol–water partition coefficient (Wildman–Crippen LogP) is 1.85. The average Bonchev–Trinajstić information content (AvgIpc) is 2.38. The van der Waals surface area contributed by atoms with E-state index in [1.165, 1.54) is 25.7 Å². The minimum atomic E-state index is -1.40. The molecule has 100 valence electrons. The molecule has 4 heteroatoms. The first kappa shape index (κ1) is 15.2. The number of unbranched alkanes of at least 4 members (excludes halogenated alkanes) is 4. The van der Waals surface area contributed by atoms with Crippen molar-refractivity contribution in [3.05, 3.63) is 29.8 Å². The lowest BCUT2D eigenvalue weighted by atomic mass is 9.80. The number of hydrogen-bond acceptors (Lipinski definition) is 3. The second-order valence-electron chi connectivity index (χ2n) is 4.59. The van der Waals surface area contributed by atoms with Gasteiger partial charge < -0.3 is 14.8 Å². The topological polar surface area (TPSA) is 49.7 Å². The quantitative estimate of drug-likeness (QED) is 0.519. The van der Waals surface area contributed by atoms with Crippen LogP contribution in [0.5, 0.6) is 0 Å². The van der Waals surface area contributed by atoms with Crippen molar-refractivity contribution >= 4 is 12.6 Å². The third kappa shape index (κ3) is 6.19. The molecule has 0 unspecified atom stereocenters. The van der Waals surface area contributed by atoms with Gasteiger partial charge in [0.05, 0.1) is 6.61 Å². The Morgan fingerprint density at radius 3 is 2.61 bits per heavy atom. The van der Waals surface area contributed by atoms with Gasteiger partial charge >= 0.3 is 7.12 Å². The van der Waals surface area contributed by atoms with Crippen LogP contribution < -0.4 is 5.46 Å². The second-order valence-corrected chi connectivity index (χ2v) is 4.59. The van der Waals surface area contributed by atoms with Crippen molar-refractivity contribution < 1.29 is 14.8 Å². The average molecular weight is 250 g/mol. The molecular formula is C14H23BO3. The number of rotatable bonds is 9. The molecule has 1 aromatic rings. The molecule has 0 aromatic heterocycles. The summed E-state index contributed by atoms with van der Waals surface area (Å²) < 4.78 is 5.57. The van der Waals surface area contributed by atoms with Crippen LogP contribution in [0.1, 0.15) is 44.6 Å².